The number of aryl methyl sites for hydroxylation is 1. The summed E-state index contributed by atoms with van der Waals surface area (Å²) in [7, 11) is -4.23. The monoisotopic (exact) mass is 651 g/mol. The van der Waals surface area contributed by atoms with Gasteiger partial charge in [0.05, 0.1) is 10.6 Å². The maximum atomic E-state index is 14.3. The maximum Gasteiger partial charge on any atom is 0.264 e. The van der Waals surface area contributed by atoms with Gasteiger partial charge in [-0.25, -0.2) is 8.42 Å². The molecule has 11 heteroatoms. The Balaban J connectivity index is 2.16. The van der Waals surface area contributed by atoms with Crippen LogP contribution >= 0.6 is 34.8 Å². The van der Waals surface area contributed by atoms with E-state index in [0.29, 0.717) is 26.2 Å². The van der Waals surface area contributed by atoms with Gasteiger partial charge in [-0.3, -0.25) is 13.9 Å². The first-order valence-corrected chi connectivity index (χ1v) is 16.0. The van der Waals surface area contributed by atoms with Gasteiger partial charge in [0.2, 0.25) is 11.8 Å². The number of hydrogen-bond donors (Lipinski definition) is 1. The van der Waals surface area contributed by atoms with E-state index in [1.54, 1.807) is 62.4 Å². The van der Waals surface area contributed by atoms with E-state index in [1.807, 2.05) is 27.7 Å². The molecule has 0 bridgehead atoms. The normalized spacial score (nSPS) is 12.5. The second-order valence-electron chi connectivity index (χ2n) is 11.1. The summed E-state index contributed by atoms with van der Waals surface area (Å²) in [4.78, 5) is 29.1. The Morgan fingerprint density at radius 1 is 0.881 bits per heavy atom. The molecule has 7 nitrogen and oxygen atoms in total. The summed E-state index contributed by atoms with van der Waals surface area (Å²) in [6, 6.07) is 15.3. The summed E-state index contributed by atoms with van der Waals surface area (Å²) < 4.78 is 29.2. The number of nitrogens with one attached hydrogen (secondary N) is 1. The molecule has 3 aromatic carbocycles. The molecule has 0 unspecified atom stereocenters. The van der Waals surface area contributed by atoms with E-state index in [2.05, 4.69) is 5.32 Å². The number of hydrogen-bond acceptors (Lipinski definition) is 4. The molecule has 1 atom stereocenters. The molecule has 0 aliphatic rings. The van der Waals surface area contributed by atoms with Gasteiger partial charge in [0.15, 0.2) is 0 Å². The summed E-state index contributed by atoms with van der Waals surface area (Å²) in [5, 5.41) is 3.92. The zero-order valence-electron chi connectivity index (χ0n) is 24.5. The van der Waals surface area contributed by atoms with Crippen molar-refractivity contribution in [3.63, 3.8) is 0 Å². The topological polar surface area (TPSA) is 86.8 Å². The van der Waals surface area contributed by atoms with Crippen molar-refractivity contribution in [1.82, 2.24) is 10.2 Å². The Kier molecular flexibility index (Phi) is 11.0. The van der Waals surface area contributed by atoms with Gasteiger partial charge in [-0.15, -0.1) is 0 Å². The molecule has 0 saturated carbocycles. The molecule has 1 N–H and O–H groups in total. The Labute approximate surface area is 263 Å². The van der Waals surface area contributed by atoms with Gasteiger partial charge >= 0.3 is 0 Å². The van der Waals surface area contributed by atoms with Crippen molar-refractivity contribution >= 4 is 62.3 Å². The molecule has 0 aliphatic heterocycles. The number of sulfonamides is 1. The van der Waals surface area contributed by atoms with Crippen molar-refractivity contribution in [3.05, 3.63) is 92.4 Å². The molecule has 2 amide bonds. The van der Waals surface area contributed by atoms with Crippen LogP contribution in [0.5, 0.6) is 0 Å². The fraction of sp³-hybridized carbons (Fsp3) is 0.355. The third-order valence-electron chi connectivity index (χ3n) is 6.67. The van der Waals surface area contributed by atoms with Crippen LogP contribution in [0, 0.1) is 13.8 Å². The fourth-order valence-corrected chi connectivity index (χ4v) is 6.60. The van der Waals surface area contributed by atoms with Gasteiger partial charge in [-0.2, -0.15) is 0 Å². The molecule has 3 aromatic rings. The predicted molar refractivity (Wildman–Crippen MR) is 171 cm³/mol. The molecule has 0 aromatic heterocycles. The summed E-state index contributed by atoms with van der Waals surface area (Å²) in [5.74, 6) is -0.995. The van der Waals surface area contributed by atoms with E-state index in [0.717, 1.165) is 9.87 Å². The van der Waals surface area contributed by atoms with Crippen LogP contribution in [0.15, 0.2) is 65.6 Å². The van der Waals surface area contributed by atoms with Crippen LogP contribution in [0.2, 0.25) is 15.1 Å². The van der Waals surface area contributed by atoms with E-state index in [4.69, 9.17) is 34.8 Å². The summed E-state index contributed by atoms with van der Waals surface area (Å²) in [6.45, 7) is 10.1. The van der Waals surface area contributed by atoms with E-state index in [-0.39, 0.29) is 29.5 Å². The quantitative estimate of drug-likeness (QED) is 0.251. The number of carbonyl (C=O) groups excluding carboxylic acids is 2. The largest absolute Gasteiger partial charge is 0.350 e. The van der Waals surface area contributed by atoms with E-state index < -0.39 is 34.1 Å². The average molecular weight is 653 g/mol. The Morgan fingerprint density at radius 2 is 1.43 bits per heavy atom. The second-order valence-corrected chi connectivity index (χ2v) is 14.2. The van der Waals surface area contributed by atoms with Gasteiger partial charge in [0, 0.05) is 32.7 Å². The summed E-state index contributed by atoms with van der Waals surface area (Å²) in [5.41, 5.74) is 1.50. The van der Waals surface area contributed by atoms with Gasteiger partial charge in [-0.05, 0) is 83.0 Å². The van der Waals surface area contributed by atoms with Crippen LogP contribution in [0.25, 0.3) is 0 Å². The van der Waals surface area contributed by atoms with Crippen molar-refractivity contribution in [2.45, 2.75) is 71.0 Å². The summed E-state index contributed by atoms with van der Waals surface area (Å²) in [6.07, 6.45) is 0.261. The van der Waals surface area contributed by atoms with Gasteiger partial charge in [-0.1, -0.05) is 71.6 Å². The number of amides is 2. The number of carbonyl (C=O) groups is 2. The highest BCUT2D eigenvalue weighted by Gasteiger charge is 2.35. The van der Waals surface area contributed by atoms with Crippen molar-refractivity contribution in [2.75, 3.05) is 10.8 Å². The number of anilines is 1. The minimum atomic E-state index is -4.23. The van der Waals surface area contributed by atoms with Crippen molar-refractivity contribution < 1.29 is 18.0 Å². The van der Waals surface area contributed by atoms with Crippen molar-refractivity contribution in [1.29, 1.82) is 0 Å². The lowest BCUT2D eigenvalue weighted by Crippen LogP contribution is -2.55. The molecule has 42 heavy (non-hydrogen) atoms. The number of halogens is 3. The van der Waals surface area contributed by atoms with Crippen LogP contribution in [0.1, 0.15) is 50.8 Å². The molecule has 0 radical (unpaired) electrons. The smallest absolute Gasteiger partial charge is 0.264 e. The minimum Gasteiger partial charge on any atom is -0.350 e. The van der Waals surface area contributed by atoms with Crippen LogP contribution < -0.4 is 9.62 Å². The first-order valence-electron chi connectivity index (χ1n) is 13.5. The molecule has 3 rings (SSSR count). The van der Waals surface area contributed by atoms with E-state index in [1.165, 1.54) is 17.0 Å². The standard InChI is InChI=1S/C31H36Cl3N3O4S/c1-7-27(30(39)35-31(4,5)6)36(18-23-25(33)11-8-12-26(23)34)29(38)19-37(28-13-9-10-24(32)21(28)3)42(40,41)22-16-14-20(2)15-17-22/h8-17,27H,7,18-19H2,1-6H3,(H,35,39)/t27-/m1/s1. The molecule has 226 valence electrons. The van der Waals surface area contributed by atoms with Crippen LogP contribution in [-0.2, 0) is 26.2 Å². The lowest BCUT2D eigenvalue weighted by molar-refractivity contribution is -0.141. The zero-order chi connectivity index (χ0) is 31.4. The fourth-order valence-electron chi connectivity index (χ4n) is 4.44. The van der Waals surface area contributed by atoms with E-state index in [9.17, 15) is 18.0 Å². The molecule has 0 spiro atoms. The molecule has 0 aliphatic carbocycles. The SMILES string of the molecule is CC[C@H](C(=O)NC(C)(C)C)N(Cc1c(Cl)cccc1Cl)C(=O)CN(c1cccc(Cl)c1C)S(=O)(=O)c1ccc(C)cc1. The van der Waals surface area contributed by atoms with Gasteiger partial charge < -0.3 is 10.2 Å². The van der Waals surface area contributed by atoms with E-state index >= 15 is 0 Å². The third kappa shape index (κ3) is 7.98. The average Bonchev–Trinajstić information content (AvgIpc) is 2.89. The molecule has 0 heterocycles. The number of rotatable bonds is 10. The highest BCUT2D eigenvalue weighted by atomic mass is 35.5. The van der Waals surface area contributed by atoms with Crippen LogP contribution in [0.3, 0.4) is 0 Å². The Hall–Kier alpha value is -2.78. The highest BCUT2D eigenvalue weighted by molar-refractivity contribution is 7.92. The molecule has 0 fully saturated rings. The third-order valence-corrected chi connectivity index (χ3v) is 9.56. The summed E-state index contributed by atoms with van der Waals surface area (Å²) >= 11 is 19.3. The molecular weight excluding hydrogens is 617 g/mol. The van der Waals surface area contributed by atoms with Crippen molar-refractivity contribution in [2.24, 2.45) is 0 Å². The predicted octanol–water partition coefficient (Wildman–Crippen LogP) is 7.18. The van der Waals surface area contributed by atoms with Gasteiger partial charge in [0.25, 0.3) is 10.0 Å². The minimum absolute atomic E-state index is 0.0125. The molecule has 0 saturated heterocycles. The number of benzene rings is 3. The van der Waals surface area contributed by atoms with Crippen molar-refractivity contribution in [3.8, 4) is 0 Å². The lowest BCUT2D eigenvalue weighted by atomic mass is 10.1. The van der Waals surface area contributed by atoms with Gasteiger partial charge in [0.1, 0.15) is 12.6 Å². The lowest BCUT2D eigenvalue weighted by Gasteiger charge is -2.35. The Bertz CT molecular complexity index is 1530. The first kappa shape index (κ1) is 33.7. The maximum absolute atomic E-state index is 14.3. The Morgan fingerprint density at radius 3 is 1.98 bits per heavy atom. The van der Waals surface area contributed by atoms with Crippen LogP contribution in [-0.4, -0.2) is 43.3 Å². The second kappa shape index (κ2) is 13.7. The highest BCUT2D eigenvalue weighted by Crippen LogP contribution is 2.32. The zero-order valence-corrected chi connectivity index (χ0v) is 27.6. The number of nitrogens with zero attached hydrogens (tertiary/aromatic N) is 2. The van der Waals surface area contributed by atoms with Crippen LogP contribution in [0.4, 0.5) is 5.69 Å². The molecular formula is C31H36Cl3N3O4S. The first-order chi connectivity index (χ1) is 19.6.